The number of Topliss-reactive ketones (excluding diaryl/α,β-unsaturated/α-hetero) is 1. The number of carbonyl (C=O) groups excluding carboxylic acids is 2. The van der Waals surface area contributed by atoms with Gasteiger partial charge in [-0.15, -0.1) is 11.3 Å². The Labute approximate surface area is 157 Å². The quantitative estimate of drug-likeness (QED) is 0.656. The summed E-state index contributed by atoms with van der Waals surface area (Å²) in [5, 5.41) is 12.8. The lowest BCUT2D eigenvalue weighted by atomic mass is 10.00. The van der Waals surface area contributed by atoms with Gasteiger partial charge in [-0.25, -0.2) is 0 Å². The SMILES string of the molecule is O=C(C1=C(O)C(=O)N(c2cccc(Cl)c2)C1c1cccs1)c1ccco1. The number of hydrogen-bond acceptors (Lipinski definition) is 5. The number of halogens is 1. The van der Waals surface area contributed by atoms with Crippen molar-refractivity contribution in [3.05, 3.63) is 87.2 Å². The predicted octanol–water partition coefficient (Wildman–Crippen LogP) is 4.78. The highest BCUT2D eigenvalue weighted by molar-refractivity contribution is 7.10. The van der Waals surface area contributed by atoms with Crippen molar-refractivity contribution in [3.8, 4) is 0 Å². The van der Waals surface area contributed by atoms with Crippen molar-refractivity contribution in [3.63, 3.8) is 0 Å². The molecule has 1 amide bonds. The molecule has 1 unspecified atom stereocenters. The van der Waals surface area contributed by atoms with E-state index in [9.17, 15) is 14.7 Å². The molecular weight excluding hydrogens is 374 g/mol. The van der Waals surface area contributed by atoms with E-state index in [0.717, 1.165) is 4.88 Å². The number of aliphatic hydroxyl groups is 1. The maximum atomic E-state index is 12.9. The third kappa shape index (κ3) is 2.64. The molecule has 1 aliphatic rings. The monoisotopic (exact) mass is 385 g/mol. The Morgan fingerprint density at radius 1 is 1.19 bits per heavy atom. The van der Waals surface area contributed by atoms with Gasteiger partial charge in [0.2, 0.25) is 5.78 Å². The molecule has 0 saturated carbocycles. The van der Waals surface area contributed by atoms with Gasteiger partial charge in [0.05, 0.1) is 11.8 Å². The number of rotatable bonds is 4. The second kappa shape index (κ2) is 6.48. The molecule has 130 valence electrons. The maximum Gasteiger partial charge on any atom is 0.294 e. The smallest absolute Gasteiger partial charge is 0.294 e. The maximum absolute atomic E-state index is 12.9. The van der Waals surface area contributed by atoms with Gasteiger partial charge in [-0.3, -0.25) is 14.5 Å². The normalized spacial score (nSPS) is 17.2. The lowest BCUT2D eigenvalue weighted by Crippen LogP contribution is -2.30. The second-order valence-corrected chi connectivity index (χ2v) is 7.06. The van der Waals surface area contributed by atoms with Gasteiger partial charge in [0.25, 0.3) is 5.91 Å². The Hall–Kier alpha value is -2.83. The molecule has 26 heavy (non-hydrogen) atoms. The van der Waals surface area contributed by atoms with Gasteiger partial charge < -0.3 is 9.52 Å². The van der Waals surface area contributed by atoms with E-state index in [0.29, 0.717) is 10.7 Å². The molecule has 0 saturated heterocycles. The number of furan rings is 1. The van der Waals surface area contributed by atoms with Gasteiger partial charge in [-0.2, -0.15) is 0 Å². The Morgan fingerprint density at radius 2 is 2.04 bits per heavy atom. The molecule has 3 aromatic rings. The van der Waals surface area contributed by atoms with Crippen LogP contribution in [0, 0.1) is 0 Å². The van der Waals surface area contributed by atoms with Crippen molar-refractivity contribution < 1.29 is 19.1 Å². The van der Waals surface area contributed by atoms with Crippen LogP contribution < -0.4 is 4.90 Å². The molecule has 2 aromatic heterocycles. The van der Waals surface area contributed by atoms with E-state index in [4.69, 9.17) is 16.0 Å². The molecule has 0 spiro atoms. The number of carbonyl (C=O) groups is 2. The number of ketones is 1. The minimum atomic E-state index is -0.751. The van der Waals surface area contributed by atoms with E-state index in [1.165, 1.54) is 28.6 Å². The largest absolute Gasteiger partial charge is 0.503 e. The minimum absolute atomic E-state index is 0.00706. The van der Waals surface area contributed by atoms with E-state index in [-0.39, 0.29) is 11.3 Å². The number of thiophene rings is 1. The molecule has 1 atom stereocenters. The van der Waals surface area contributed by atoms with Crippen LogP contribution in [0.5, 0.6) is 0 Å². The number of nitrogens with zero attached hydrogens (tertiary/aromatic N) is 1. The number of anilines is 1. The van der Waals surface area contributed by atoms with E-state index < -0.39 is 23.5 Å². The summed E-state index contributed by atoms with van der Waals surface area (Å²) < 4.78 is 5.17. The summed E-state index contributed by atoms with van der Waals surface area (Å²) in [6.07, 6.45) is 1.37. The highest BCUT2D eigenvalue weighted by atomic mass is 35.5. The van der Waals surface area contributed by atoms with E-state index in [2.05, 4.69) is 0 Å². The van der Waals surface area contributed by atoms with Crippen LogP contribution in [0.4, 0.5) is 5.69 Å². The topological polar surface area (TPSA) is 70.8 Å². The minimum Gasteiger partial charge on any atom is -0.503 e. The third-order valence-electron chi connectivity index (χ3n) is 4.10. The van der Waals surface area contributed by atoms with Crippen LogP contribution in [-0.4, -0.2) is 16.8 Å². The molecule has 5 nitrogen and oxygen atoms in total. The number of hydrogen-bond donors (Lipinski definition) is 1. The van der Waals surface area contributed by atoms with Crippen molar-refractivity contribution in [1.29, 1.82) is 0 Å². The van der Waals surface area contributed by atoms with Crippen LogP contribution in [0.15, 0.2) is 75.9 Å². The molecule has 1 aliphatic heterocycles. The van der Waals surface area contributed by atoms with Crippen LogP contribution >= 0.6 is 22.9 Å². The molecule has 7 heteroatoms. The average molecular weight is 386 g/mol. The summed E-state index contributed by atoms with van der Waals surface area (Å²) in [6.45, 7) is 0. The summed E-state index contributed by atoms with van der Waals surface area (Å²) in [6, 6.07) is 12.7. The van der Waals surface area contributed by atoms with Gasteiger partial charge >= 0.3 is 0 Å². The molecule has 1 aromatic carbocycles. The second-order valence-electron chi connectivity index (χ2n) is 5.64. The third-order valence-corrected chi connectivity index (χ3v) is 5.26. The first-order valence-corrected chi connectivity index (χ1v) is 8.97. The van der Waals surface area contributed by atoms with Crippen molar-refractivity contribution in [2.75, 3.05) is 4.90 Å². The van der Waals surface area contributed by atoms with Crippen molar-refractivity contribution in [2.24, 2.45) is 0 Å². The van der Waals surface area contributed by atoms with Crippen molar-refractivity contribution >= 4 is 40.3 Å². The first kappa shape index (κ1) is 16.6. The Bertz CT molecular complexity index is 1010. The molecule has 0 radical (unpaired) electrons. The van der Waals surface area contributed by atoms with Crippen LogP contribution in [0.1, 0.15) is 21.5 Å². The first-order valence-electron chi connectivity index (χ1n) is 7.72. The molecule has 3 heterocycles. The molecule has 0 aliphatic carbocycles. The summed E-state index contributed by atoms with van der Waals surface area (Å²) in [5.74, 6) is -1.69. The zero-order valence-electron chi connectivity index (χ0n) is 13.3. The Morgan fingerprint density at radius 3 is 2.69 bits per heavy atom. The van der Waals surface area contributed by atoms with Crippen molar-refractivity contribution in [1.82, 2.24) is 0 Å². The summed E-state index contributed by atoms with van der Waals surface area (Å²) in [4.78, 5) is 27.8. The average Bonchev–Trinajstić information content (AvgIpc) is 3.36. The molecule has 0 bridgehead atoms. The Kier molecular flexibility index (Phi) is 4.14. The van der Waals surface area contributed by atoms with Gasteiger partial charge in [0, 0.05) is 15.6 Å². The fraction of sp³-hybridized carbons (Fsp3) is 0.0526. The fourth-order valence-electron chi connectivity index (χ4n) is 2.99. The zero-order valence-corrected chi connectivity index (χ0v) is 14.8. The zero-order chi connectivity index (χ0) is 18.3. The summed E-state index contributed by atoms with van der Waals surface area (Å²) in [7, 11) is 0. The van der Waals surface area contributed by atoms with E-state index in [1.54, 1.807) is 30.3 Å². The van der Waals surface area contributed by atoms with Crippen LogP contribution in [0.25, 0.3) is 0 Å². The molecule has 4 rings (SSSR count). The fourth-order valence-corrected chi connectivity index (χ4v) is 3.99. The predicted molar refractivity (Wildman–Crippen MR) is 98.7 cm³/mol. The first-order chi connectivity index (χ1) is 12.6. The number of benzene rings is 1. The van der Waals surface area contributed by atoms with Crippen LogP contribution in [0.2, 0.25) is 5.02 Å². The Balaban J connectivity index is 1.87. The standard InChI is InChI=1S/C19H12ClNO4S/c20-11-4-1-5-12(10-11)21-16(14-7-3-9-26-14)15(18(23)19(21)24)17(22)13-6-2-8-25-13/h1-10,16,23H. The van der Waals surface area contributed by atoms with Crippen LogP contribution in [0.3, 0.4) is 0 Å². The highest BCUT2D eigenvalue weighted by Crippen LogP contribution is 2.43. The summed E-state index contributed by atoms with van der Waals surface area (Å²) >= 11 is 7.46. The highest BCUT2D eigenvalue weighted by Gasteiger charge is 2.45. The lowest BCUT2D eigenvalue weighted by molar-refractivity contribution is -0.117. The summed E-state index contributed by atoms with van der Waals surface area (Å²) in [5.41, 5.74) is 0.488. The van der Waals surface area contributed by atoms with Gasteiger partial charge in [-0.1, -0.05) is 23.7 Å². The van der Waals surface area contributed by atoms with Gasteiger partial charge in [0.1, 0.15) is 6.04 Å². The number of amides is 1. The van der Waals surface area contributed by atoms with Gasteiger partial charge in [-0.05, 0) is 41.8 Å². The van der Waals surface area contributed by atoms with Crippen molar-refractivity contribution in [2.45, 2.75) is 6.04 Å². The number of aliphatic hydroxyl groups excluding tert-OH is 1. The van der Waals surface area contributed by atoms with Crippen LogP contribution in [-0.2, 0) is 4.79 Å². The van der Waals surface area contributed by atoms with E-state index >= 15 is 0 Å². The molecule has 0 fully saturated rings. The molecular formula is C19H12ClNO4S. The lowest BCUT2D eigenvalue weighted by Gasteiger charge is -2.25. The molecule has 1 N–H and O–H groups in total. The van der Waals surface area contributed by atoms with E-state index in [1.807, 2.05) is 17.5 Å². The van der Waals surface area contributed by atoms with Gasteiger partial charge in [0.15, 0.2) is 11.5 Å².